The molecule has 0 unspecified atom stereocenters. The molecular weight excluding hydrogens is 299 g/mol. The van der Waals surface area contributed by atoms with E-state index in [-0.39, 0.29) is 11.6 Å². The number of methoxy groups -OCH3 is 1. The van der Waals surface area contributed by atoms with Crippen LogP contribution in [0.15, 0.2) is 30.5 Å². The first-order valence-corrected chi connectivity index (χ1v) is 7.21. The molecule has 2 N–H and O–H groups in total. The maximum atomic E-state index is 13.8. The van der Waals surface area contributed by atoms with Gasteiger partial charge in [-0.25, -0.2) is 14.4 Å². The second kappa shape index (κ2) is 7.53. The summed E-state index contributed by atoms with van der Waals surface area (Å²) in [7, 11) is 1.55. The van der Waals surface area contributed by atoms with E-state index < -0.39 is 11.7 Å². The average Bonchev–Trinajstić information content (AvgIpc) is 2.54. The summed E-state index contributed by atoms with van der Waals surface area (Å²) in [6.07, 6.45) is 0.985. The van der Waals surface area contributed by atoms with Crippen molar-refractivity contribution in [1.82, 2.24) is 9.97 Å². The van der Waals surface area contributed by atoms with Crippen molar-refractivity contribution < 1.29 is 13.9 Å². The number of anilines is 2. The third-order valence-electron chi connectivity index (χ3n) is 2.98. The Morgan fingerprint density at radius 2 is 2.00 bits per heavy atom. The van der Waals surface area contributed by atoms with E-state index in [1.54, 1.807) is 31.4 Å². The molecule has 122 valence electrons. The lowest BCUT2D eigenvalue weighted by atomic mass is 10.2. The quantitative estimate of drug-likeness (QED) is 0.856. The topological polar surface area (TPSA) is 76.1 Å². The van der Waals surface area contributed by atoms with Crippen LogP contribution in [0, 0.1) is 11.7 Å². The van der Waals surface area contributed by atoms with Crippen molar-refractivity contribution in [2.75, 3.05) is 24.3 Å². The maximum absolute atomic E-state index is 13.8. The molecule has 0 saturated carbocycles. The minimum absolute atomic E-state index is 0.222. The van der Waals surface area contributed by atoms with Crippen LogP contribution in [0.25, 0.3) is 0 Å². The molecule has 2 aromatic rings. The number of carbonyl (C=O) groups excluding carboxylic acids is 1. The van der Waals surface area contributed by atoms with Crippen molar-refractivity contribution in [3.8, 4) is 5.75 Å². The number of amides is 1. The molecule has 0 aliphatic carbocycles. The van der Waals surface area contributed by atoms with Crippen LogP contribution in [0.3, 0.4) is 0 Å². The molecule has 0 atom stereocenters. The first-order chi connectivity index (χ1) is 11.0. The Bertz CT molecular complexity index is 674. The van der Waals surface area contributed by atoms with Gasteiger partial charge in [0.05, 0.1) is 13.3 Å². The van der Waals surface area contributed by atoms with Crippen molar-refractivity contribution in [3.63, 3.8) is 0 Å². The summed E-state index contributed by atoms with van der Waals surface area (Å²) < 4.78 is 18.8. The number of hydrogen-bond donors (Lipinski definition) is 2. The minimum Gasteiger partial charge on any atom is -0.497 e. The van der Waals surface area contributed by atoms with Crippen LogP contribution in [-0.4, -0.2) is 29.5 Å². The zero-order valence-corrected chi connectivity index (χ0v) is 13.3. The second-order valence-corrected chi connectivity index (χ2v) is 5.35. The molecule has 0 fully saturated rings. The Balaban J connectivity index is 2.12. The summed E-state index contributed by atoms with van der Waals surface area (Å²) in [6, 6.07) is 6.71. The van der Waals surface area contributed by atoms with Crippen LogP contribution in [0.2, 0.25) is 0 Å². The molecule has 1 aromatic carbocycles. The van der Waals surface area contributed by atoms with Crippen LogP contribution in [-0.2, 0) is 0 Å². The van der Waals surface area contributed by atoms with E-state index in [1.165, 1.54) is 0 Å². The summed E-state index contributed by atoms with van der Waals surface area (Å²) in [5, 5.41) is 5.55. The average molecular weight is 318 g/mol. The van der Waals surface area contributed by atoms with Gasteiger partial charge in [-0.15, -0.1) is 0 Å². The van der Waals surface area contributed by atoms with Gasteiger partial charge in [-0.1, -0.05) is 13.8 Å². The fourth-order valence-electron chi connectivity index (χ4n) is 1.77. The van der Waals surface area contributed by atoms with Gasteiger partial charge in [-0.3, -0.25) is 4.79 Å². The highest BCUT2D eigenvalue weighted by Gasteiger charge is 2.16. The van der Waals surface area contributed by atoms with Gasteiger partial charge in [-0.05, 0) is 30.2 Å². The summed E-state index contributed by atoms with van der Waals surface area (Å²) in [6.45, 7) is 4.67. The SMILES string of the molecule is COc1ccc(NC(=O)c2nc(NCC(C)C)ncc2F)cc1. The van der Waals surface area contributed by atoms with Crippen LogP contribution < -0.4 is 15.4 Å². The van der Waals surface area contributed by atoms with Crippen LogP contribution in [0.4, 0.5) is 16.0 Å². The van der Waals surface area contributed by atoms with Crippen molar-refractivity contribution in [2.45, 2.75) is 13.8 Å². The number of rotatable bonds is 6. The van der Waals surface area contributed by atoms with Gasteiger partial charge < -0.3 is 15.4 Å². The number of benzene rings is 1. The summed E-state index contributed by atoms with van der Waals surface area (Å²) in [4.78, 5) is 19.9. The smallest absolute Gasteiger partial charge is 0.277 e. The van der Waals surface area contributed by atoms with E-state index in [0.29, 0.717) is 23.9 Å². The van der Waals surface area contributed by atoms with Gasteiger partial charge >= 0.3 is 0 Å². The van der Waals surface area contributed by atoms with Crippen molar-refractivity contribution >= 4 is 17.5 Å². The zero-order chi connectivity index (χ0) is 16.8. The molecule has 2 rings (SSSR count). The number of carbonyl (C=O) groups is 1. The molecule has 0 saturated heterocycles. The molecule has 0 bridgehead atoms. The first kappa shape index (κ1) is 16.7. The highest BCUT2D eigenvalue weighted by atomic mass is 19.1. The summed E-state index contributed by atoms with van der Waals surface area (Å²) in [5.41, 5.74) is 0.215. The number of nitrogens with one attached hydrogen (secondary N) is 2. The van der Waals surface area contributed by atoms with E-state index in [1.807, 2.05) is 13.8 Å². The lowest BCUT2D eigenvalue weighted by Gasteiger charge is -2.10. The number of aromatic nitrogens is 2. The lowest BCUT2D eigenvalue weighted by molar-refractivity contribution is 0.101. The van der Waals surface area contributed by atoms with E-state index in [4.69, 9.17) is 4.74 Å². The Labute approximate surface area is 134 Å². The Kier molecular flexibility index (Phi) is 5.46. The number of nitrogens with zero attached hydrogens (tertiary/aromatic N) is 2. The van der Waals surface area contributed by atoms with E-state index in [0.717, 1.165) is 6.20 Å². The monoisotopic (exact) mass is 318 g/mol. The second-order valence-electron chi connectivity index (χ2n) is 5.35. The standard InChI is InChI=1S/C16H19FN4O2/c1-10(2)8-18-16-19-9-13(17)14(21-16)15(22)20-11-4-6-12(23-3)7-5-11/h4-7,9-10H,8H2,1-3H3,(H,20,22)(H,18,19,21). The summed E-state index contributed by atoms with van der Waals surface area (Å²) in [5.74, 6) is -0.148. The van der Waals surface area contributed by atoms with Gasteiger partial charge in [0.15, 0.2) is 11.5 Å². The first-order valence-electron chi connectivity index (χ1n) is 7.21. The number of halogens is 1. The maximum Gasteiger partial charge on any atom is 0.277 e. The van der Waals surface area contributed by atoms with Crippen molar-refractivity contribution in [3.05, 3.63) is 42.0 Å². The van der Waals surface area contributed by atoms with Crippen LogP contribution >= 0.6 is 0 Å². The van der Waals surface area contributed by atoms with Crippen LogP contribution in [0.5, 0.6) is 5.75 Å². The van der Waals surface area contributed by atoms with Crippen LogP contribution in [0.1, 0.15) is 24.3 Å². The molecule has 0 spiro atoms. The Morgan fingerprint density at radius 1 is 1.30 bits per heavy atom. The normalized spacial score (nSPS) is 10.5. The predicted octanol–water partition coefficient (Wildman–Crippen LogP) is 2.94. The molecule has 0 aliphatic heterocycles. The predicted molar refractivity (Wildman–Crippen MR) is 86.3 cm³/mol. The Morgan fingerprint density at radius 3 is 2.61 bits per heavy atom. The minimum atomic E-state index is -0.772. The fourth-order valence-corrected chi connectivity index (χ4v) is 1.77. The van der Waals surface area contributed by atoms with Gasteiger partial charge in [0, 0.05) is 12.2 Å². The molecule has 23 heavy (non-hydrogen) atoms. The molecule has 1 amide bonds. The van der Waals surface area contributed by atoms with Gasteiger partial charge in [0.2, 0.25) is 5.95 Å². The highest BCUT2D eigenvalue weighted by Crippen LogP contribution is 2.16. The van der Waals surface area contributed by atoms with Gasteiger partial charge in [0.25, 0.3) is 5.91 Å². The zero-order valence-electron chi connectivity index (χ0n) is 13.3. The Hall–Kier alpha value is -2.70. The molecule has 7 heteroatoms. The fraction of sp³-hybridized carbons (Fsp3) is 0.312. The van der Waals surface area contributed by atoms with E-state index >= 15 is 0 Å². The highest BCUT2D eigenvalue weighted by molar-refractivity contribution is 6.03. The molecule has 1 heterocycles. The molecule has 0 radical (unpaired) electrons. The summed E-state index contributed by atoms with van der Waals surface area (Å²) >= 11 is 0. The largest absolute Gasteiger partial charge is 0.497 e. The van der Waals surface area contributed by atoms with E-state index in [2.05, 4.69) is 20.6 Å². The van der Waals surface area contributed by atoms with Gasteiger partial charge in [-0.2, -0.15) is 0 Å². The molecular formula is C16H19FN4O2. The third kappa shape index (κ3) is 4.64. The number of ether oxygens (including phenoxy) is 1. The number of hydrogen-bond acceptors (Lipinski definition) is 5. The molecule has 6 nitrogen and oxygen atoms in total. The third-order valence-corrected chi connectivity index (χ3v) is 2.98. The van der Waals surface area contributed by atoms with E-state index in [9.17, 15) is 9.18 Å². The lowest BCUT2D eigenvalue weighted by Crippen LogP contribution is -2.18. The van der Waals surface area contributed by atoms with Crippen molar-refractivity contribution in [2.24, 2.45) is 5.92 Å². The molecule has 1 aromatic heterocycles. The van der Waals surface area contributed by atoms with Gasteiger partial charge in [0.1, 0.15) is 5.75 Å². The van der Waals surface area contributed by atoms with Crippen molar-refractivity contribution in [1.29, 1.82) is 0 Å². The molecule has 0 aliphatic rings.